The van der Waals surface area contributed by atoms with Crippen LogP contribution in [0.5, 0.6) is 5.75 Å². The lowest BCUT2D eigenvalue weighted by Gasteiger charge is -2.16. The lowest BCUT2D eigenvalue weighted by Crippen LogP contribution is -2.25. The van der Waals surface area contributed by atoms with Gasteiger partial charge < -0.3 is 14.5 Å². The number of benzene rings is 2. The highest BCUT2D eigenvalue weighted by Crippen LogP contribution is 2.44. The molecule has 2 aromatic carbocycles. The summed E-state index contributed by atoms with van der Waals surface area (Å²) >= 11 is 0. The van der Waals surface area contributed by atoms with Crippen molar-refractivity contribution in [1.82, 2.24) is 15.5 Å². The molecule has 1 unspecified atom stereocenters. The molecule has 0 bridgehead atoms. The molecule has 0 aliphatic heterocycles. The second-order valence-electron chi connectivity index (χ2n) is 7.06. The van der Waals surface area contributed by atoms with Crippen LogP contribution in [0.3, 0.4) is 0 Å². The van der Waals surface area contributed by atoms with Crippen molar-refractivity contribution in [3.05, 3.63) is 66.1 Å². The topological polar surface area (TPSA) is 77.2 Å². The Kier molecular flexibility index (Phi) is 5.37. The SMILES string of the molecule is COc1ccc(C(CC(=O)NCc2nnc(-c3ccccc3)o2)C2CC2)cc1. The van der Waals surface area contributed by atoms with Crippen molar-refractivity contribution in [2.75, 3.05) is 7.11 Å². The Bertz CT molecular complexity index is 918. The third kappa shape index (κ3) is 4.39. The minimum atomic E-state index is -0.00724. The fraction of sp³-hybridized carbons (Fsp3) is 0.318. The summed E-state index contributed by atoms with van der Waals surface area (Å²) in [6.07, 6.45) is 2.80. The Morgan fingerprint density at radius 1 is 1.14 bits per heavy atom. The number of carbonyl (C=O) groups excluding carboxylic acids is 1. The molecule has 1 aliphatic rings. The van der Waals surface area contributed by atoms with E-state index in [0.29, 0.717) is 24.1 Å². The standard InChI is InChI=1S/C22H23N3O3/c1-27-18-11-9-16(10-12-18)19(15-7-8-15)13-20(26)23-14-21-24-25-22(28-21)17-5-3-2-4-6-17/h2-6,9-12,15,19H,7-8,13-14H2,1H3,(H,23,26). The van der Waals surface area contributed by atoms with E-state index < -0.39 is 0 Å². The number of amides is 1. The molecule has 28 heavy (non-hydrogen) atoms. The summed E-state index contributed by atoms with van der Waals surface area (Å²) in [5, 5.41) is 11.0. The molecular weight excluding hydrogens is 354 g/mol. The van der Waals surface area contributed by atoms with E-state index in [4.69, 9.17) is 9.15 Å². The van der Waals surface area contributed by atoms with Gasteiger partial charge in [-0.3, -0.25) is 4.79 Å². The Labute approximate surface area is 163 Å². The largest absolute Gasteiger partial charge is 0.497 e. The van der Waals surface area contributed by atoms with Crippen LogP contribution in [0.25, 0.3) is 11.5 Å². The van der Waals surface area contributed by atoms with Gasteiger partial charge in [-0.1, -0.05) is 30.3 Å². The quantitative estimate of drug-likeness (QED) is 0.643. The van der Waals surface area contributed by atoms with Crippen LogP contribution < -0.4 is 10.1 Å². The Hall–Kier alpha value is -3.15. The summed E-state index contributed by atoms with van der Waals surface area (Å²) in [5.74, 6) is 2.49. The third-order valence-corrected chi connectivity index (χ3v) is 5.06. The van der Waals surface area contributed by atoms with E-state index in [9.17, 15) is 4.79 Å². The molecule has 1 N–H and O–H groups in total. The number of hydrogen-bond acceptors (Lipinski definition) is 5. The second-order valence-corrected chi connectivity index (χ2v) is 7.06. The summed E-state index contributed by atoms with van der Waals surface area (Å²) < 4.78 is 10.9. The maximum Gasteiger partial charge on any atom is 0.247 e. The zero-order valence-electron chi connectivity index (χ0n) is 15.8. The van der Waals surface area contributed by atoms with Gasteiger partial charge in [-0.25, -0.2) is 0 Å². The van der Waals surface area contributed by atoms with E-state index in [1.807, 2.05) is 42.5 Å². The molecule has 1 saturated carbocycles. The molecule has 1 heterocycles. The van der Waals surface area contributed by atoms with Crippen LogP contribution in [0.1, 0.15) is 36.6 Å². The van der Waals surface area contributed by atoms with Crippen LogP contribution in [-0.4, -0.2) is 23.2 Å². The van der Waals surface area contributed by atoms with Crippen molar-refractivity contribution in [2.24, 2.45) is 5.92 Å². The first-order valence-electron chi connectivity index (χ1n) is 9.51. The highest BCUT2D eigenvalue weighted by Gasteiger charge is 2.33. The normalized spacial score (nSPS) is 14.5. The fourth-order valence-electron chi connectivity index (χ4n) is 3.37. The predicted octanol–water partition coefficient (Wildman–Crippen LogP) is 3.95. The average Bonchev–Trinajstić information content (AvgIpc) is 3.48. The van der Waals surface area contributed by atoms with Crippen LogP contribution in [0.2, 0.25) is 0 Å². The number of nitrogens with zero attached hydrogens (tertiary/aromatic N) is 2. The fourth-order valence-corrected chi connectivity index (χ4v) is 3.37. The number of carbonyl (C=O) groups is 1. The van der Waals surface area contributed by atoms with E-state index in [-0.39, 0.29) is 18.4 Å². The molecule has 1 atom stereocenters. The summed E-state index contributed by atoms with van der Waals surface area (Å²) in [5.41, 5.74) is 2.04. The van der Waals surface area contributed by atoms with Gasteiger partial charge in [0.2, 0.25) is 17.7 Å². The first kappa shape index (κ1) is 18.2. The molecule has 0 saturated heterocycles. The molecule has 144 valence electrons. The Balaban J connectivity index is 1.35. The first-order valence-corrected chi connectivity index (χ1v) is 9.51. The minimum Gasteiger partial charge on any atom is -0.497 e. The van der Waals surface area contributed by atoms with Crippen LogP contribution in [0, 0.1) is 5.92 Å². The molecule has 1 aromatic heterocycles. The van der Waals surface area contributed by atoms with Gasteiger partial charge in [-0.05, 0) is 54.5 Å². The van der Waals surface area contributed by atoms with Crippen LogP contribution in [-0.2, 0) is 11.3 Å². The molecule has 0 radical (unpaired) electrons. The van der Waals surface area contributed by atoms with Gasteiger partial charge in [-0.2, -0.15) is 0 Å². The van der Waals surface area contributed by atoms with Gasteiger partial charge in [0.15, 0.2) is 0 Å². The zero-order valence-corrected chi connectivity index (χ0v) is 15.8. The van der Waals surface area contributed by atoms with Crippen molar-refractivity contribution in [2.45, 2.75) is 31.7 Å². The van der Waals surface area contributed by atoms with Crippen LogP contribution in [0.15, 0.2) is 59.0 Å². The lowest BCUT2D eigenvalue weighted by molar-refractivity contribution is -0.121. The molecular formula is C22H23N3O3. The van der Waals surface area contributed by atoms with Gasteiger partial charge in [0, 0.05) is 12.0 Å². The van der Waals surface area contributed by atoms with Crippen LogP contribution in [0.4, 0.5) is 0 Å². The van der Waals surface area contributed by atoms with Gasteiger partial charge in [0.05, 0.1) is 13.7 Å². The minimum absolute atomic E-state index is 0.00724. The molecule has 0 spiro atoms. The number of aromatic nitrogens is 2. The molecule has 1 amide bonds. The molecule has 6 heteroatoms. The lowest BCUT2D eigenvalue weighted by atomic mass is 9.90. The highest BCUT2D eigenvalue weighted by atomic mass is 16.5. The van der Waals surface area contributed by atoms with Crippen molar-refractivity contribution >= 4 is 5.91 Å². The summed E-state index contributed by atoms with van der Waals surface area (Å²) in [6.45, 7) is 0.235. The number of methoxy groups -OCH3 is 1. The van der Waals surface area contributed by atoms with Crippen molar-refractivity contribution in [3.8, 4) is 17.2 Å². The van der Waals surface area contributed by atoms with Gasteiger partial charge in [0.25, 0.3) is 0 Å². The molecule has 3 aromatic rings. The average molecular weight is 377 g/mol. The van der Waals surface area contributed by atoms with E-state index >= 15 is 0 Å². The smallest absolute Gasteiger partial charge is 0.247 e. The molecule has 6 nitrogen and oxygen atoms in total. The van der Waals surface area contributed by atoms with Crippen LogP contribution >= 0.6 is 0 Å². The van der Waals surface area contributed by atoms with E-state index in [1.165, 1.54) is 18.4 Å². The number of hydrogen-bond donors (Lipinski definition) is 1. The maximum absolute atomic E-state index is 12.5. The van der Waals surface area contributed by atoms with E-state index in [1.54, 1.807) is 7.11 Å². The summed E-state index contributed by atoms with van der Waals surface area (Å²) in [6, 6.07) is 17.6. The second kappa shape index (κ2) is 8.25. The molecule has 4 rings (SSSR count). The van der Waals surface area contributed by atoms with Crippen molar-refractivity contribution in [1.29, 1.82) is 0 Å². The monoisotopic (exact) mass is 377 g/mol. The maximum atomic E-state index is 12.5. The summed E-state index contributed by atoms with van der Waals surface area (Å²) in [7, 11) is 1.65. The first-order chi connectivity index (χ1) is 13.7. The zero-order chi connectivity index (χ0) is 19.3. The van der Waals surface area contributed by atoms with Crippen molar-refractivity contribution in [3.63, 3.8) is 0 Å². The Morgan fingerprint density at radius 3 is 2.57 bits per heavy atom. The predicted molar refractivity (Wildman–Crippen MR) is 105 cm³/mol. The summed E-state index contributed by atoms with van der Waals surface area (Å²) in [4.78, 5) is 12.5. The third-order valence-electron chi connectivity index (χ3n) is 5.06. The number of rotatable bonds is 8. The van der Waals surface area contributed by atoms with Gasteiger partial charge in [0.1, 0.15) is 5.75 Å². The molecule has 1 fully saturated rings. The Morgan fingerprint density at radius 2 is 1.89 bits per heavy atom. The van der Waals surface area contributed by atoms with E-state index in [2.05, 4.69) is 27.6 Å². The van der Waals surface area contributed by atoms with Gasteiger partial charge >= 0.3 is 0 Å². The number of nitrogens with one attached hydrogen (secondary N) is 1. The highest BCUT2D eigenvalue weighted by molar-refractivity contribution is 5.77. The van der Waals surface area contributed by atoms with E-state index in [0.717, 1.165) is 11.3 Å². The van der Waals surface area contributed by atoms with Gasteiger partial charge in [-0.15, -0.1) is 10.2 Å². The molecule has 1 aliphatic carbocycles. The van der Waals surface area contributed by atoms with Crippen molar-refractivity contribution < 1.29 is 13.9 Å². The number of ether oxygens (including phenoxy) is 1.